The van der Waals surface area contributed by atoms with E-state index in [1.165, 1.54) is 5.56 Å². The molecule has 3 heteroatoms. The Hall–Kier alpha value is -0.730. The number of benzene rings is 1. The Kier molecular flexibility index (Phi) is 4.77. The summed E-state index contributed by atoms with van der Waals surface area (Å²) in [6.45, 7) is 3.74. The summed E-state index contributed by atoms with van der Waals surface area (Å²) in [5.41, 5.74) is 1.17. The fourth-order valence-corrected chi connectivity index (χ4v) is 1.26. The molecule has 1 unspecified atom stereocenters. The fraction of sp³-hybridized carbons (Fsp3) is 0.455. The van der Waals surface area contributed by atoms with E-state index in [4.69, 9.17) is 16.7 Å². The van der Waals surface area contributed by atoms with E-state index < -0.39 is 0 Å². The number of rotatable bonds is 5. The Balaban J connectivity index is 2.21. The van der Waals surface area contributed by atoms with Crippen molar-refractivity contribution in [1.82, 2.24) is 5.32 Å². The van der Waals surface area contributed by atoms with Crippen LogP contribution in [0.25, 0.3) is 0 Å². The molecule has 0 radical (unpaired) electrons. The highest BCUT2D eigenvalue weighted by molar-refractivity contribution is 6.20. The summed E-state index contributed by atoms with van der Waals surface area (Å²) in [5.74, 6) is 0.308. The molecule has 0 aliphatic carbocycles. The minimum atomic E-state index is 0.224. The first kappa shape index (κ1) is 11.3. The van der Waals surface area contributed by atoms with Crippen LogP contribution in [-0.2, 0) is 6.54 Å². The Bertz CT molecular complexity index is 258. The molecule has 0 bridgehead atoms. The SMILES string of the molecule is CC(Cl)CCNCc1ccc(O)cc1. The summed E-state index contributed by atoms with van der Waals surface area (Å²) in [6, 6.07) is 7.21. The lowest BCUT2D eigenvalue weighted by Crippen LogP contribution is -2.16. The molecule has 0 amide bonds. The van der Waals surface area contributed by atoms with Crippen LogP contribution in [0, 0.1) is 0 Å². The molecular formula is C11H16ClNO. The van der Waals surface area contributed by atoms with Gasteiger partial charge in [0.1, 0.15) is 5.75 Å². The molecule has 0 fully saturated rings. The van der Waals surface area contributed by atoms with Crippen LogP contribution < -0.4 is 5.32 Å². The topological polar surface area (TPSA) is 32.3 Å². The van der Waals surface area contributed by atoms with E-state index in [2.05, 4.69) is 5.32 Å². The van der Waals surface area contributed by atoms with Crippen molar-refractivity contribution in [2.45, 2.75) is 25.3 Å². The van der Waals surface area contributed by atoms with Gasteiger partial charge in [-0.3, -0.25) is 0 Å². The van der Waals surface area contributed by atoms with Crippen LogP contribution in [0.1, 0.15) is 18.9 Å². The van der Waals surface area contributed by atoms with Gasteiger partial charge in [-0.15, -0.1) is 11.6 Å². The molecule has 78 valence electrons. The maximum absolute atomic E-state index is 9.06. The van der Waals surface area contributed by atoms with Crippen molar-refractivity contribution in [1.29, 1.82) is 0 Å². The smallest absolute Gasteiger partial charge is 0.115 e. The zero-order valence-electron chi connectivity index (χ0n) is 8.33. The van der Waals surface area contributed by atoms with Crippen LogP contribution in [0.2, 0.25) is 0 Å². The van der Waals surface area contributed by atoms with E-state index in [-0.39, 0.29) is 5.38 Å². The van der Waals surface area contributed by atoms with Crippen molar-refractivity contribution in [3.8, 4) is 5.75 Å². The van der Waals surface area contributed by atoms with E-state index in [1.807, 2.05) is 19.1 Å². The number of alkyl halides is 1. The molecule has 0 aliphatic rings. The molecule has 1 rings (SSSR count). The largest absolute Gasteiger partial charge is 0.508 e. The zero-order chi connectivity index (χ0) is 10.4. The van der Waals surface area contributed by atoms with Gasteiger partial charge >= 0.3 is 0 Å². The van der Waals surface area contributed by atoms with E-state index in [0.717, 1.165) is 19.5 Å². The fourth-order valence-electron chi connectivity index (χ4n) is 1.15. The number of hydrogen-bond donors (Lipinski definition) is 2. The van der Waals surface area contributed by atoms with E-state index in [0.29, 0.717) is 5.75 Å². The highest BCUT2D eigenvalue weighted by Crippen LogP contribution is 2.09. The molecule has 2 nitrogen and oxygen atoms in total. The van der Waals surface area contributed by atoms with Gasteiger partial charge in [-0.1, -0.05) is 12.1 Å². The molecule has 0 heterocycles. The summed E-state index contributed by atoms with van der Waals surface area (Å²) in [5, 5.41) is 12.6. The van der Waals surface area contributed by atoms with Gasteiger partial charge in [-0.2, -0.15) is 0 Å². The number of aromatic hydroxyl groups is 1. The van der Waals surface area contributed by atoms with Crippen molar-refractivity contribution in [3.63, 3.8) is 0 Å². The van der Waals surface area contributed by atoms with Crippen LogP contribution in [0.5, 0.6) is 5.75 Å². The highest BCUT2D eigenvalue weighted by Gasteiger charge is 1.96. The lowest BCUT2D eigenvalue weighted by atomic mass is 10.2. The van der Waals surface area contributed by atoms with E-state index >= 15 is 0 Å². The summed E-state index contributed by atoms with van der Waals surface area (Å²) >= 11 is 5.81. The lowest BCUT2D eigenvalue weighted by molar-refractivity contribution is 0.475. The Morgan fingerprint density at radius 3 is 2.57 bits per heavy atom. The molecule has 1 aromatic carbocycles. The van der Waals surface area contributed by atoms with E-state index in [9.17, 15) is 0 Å². The standard InChI is InChI=1S/C11H16ClNO/c1-9(12)6-7-13-8-10-2-4-11(14)5-3-10/h2-5,9,13-14H,6-8H2,1H3. The van der Waals surface area contributed by atoms with Gasteiger partial charge < -0.3 is 10.4 Å². The molecule has 2 N–H and O–H groups in total. The van der Waals surface area contributed by atoms with Gasteiger partial charge in [0.15, 0.2) is 0 Å². The first-order chi connectivity index (χ1) is 6.68. The first-order valence-corrected chi connectivity index (χ1v) is 5.25. The van der Waals surface area contributed by atoms with Gasteiger partial charge in [0.2, 0.25) is 0 Å². The van der Waals surface area contributed by atoms with Crippen molar-refractivity contribution < 1.29 is 5.11 Å². The third-order valence-electron chi connectivity index (χ3n) is 1.98. The summed E-state index contributed by atoms with van der Waals surface area (Å²) in [7, 11) is 0. The van der Waals surface area contributed by atoms with Crippen LogP contribution >= 0.6 is 11.6 Å². The molecule has 0 aromatic heterocycles. The van der Waals surface area contributed by atoms with Crippen molar-refractivity contribution in [3.05, 3.63) is 29.8 Å². The molecule has 0 saturated heterocycles. The minimum absolute atomic E-state index is 0.224. The maximum atomic E-state index is 9.06. The van der Waals surface area contributed by atoms with Crippen LogP contribution in [-0.4, -0.2) is 17.0 Å². The van der Waals surface area contributed by atoms with Gasteiger partial charge in [-0.25, -0.2) is 0 Å². The van der Waals surface area contributed by atoms with Gasteiger partial charge in [0.25, 0.3) is 0 Å². The number of phenols is 1. The van der Waals surface area contributed by atoms with Gasteiger partial charge in [0, 0.05) is 11.9 Å². The third kappa shape index (κ3) is 4.49. The molecule has 1 atom stereocenters. The normalized spacial score (nSPS) is 12.7. The highest BCUT2D eigenvalue weighted by atomic mass is 35.5. The minimum Gasteiger partial charge on any atom is -0.508 e. The predicted molar refractivity (Wildman–Crippen MR) is 59.7 cm³/mol. The van der Waals surface area contributed by atoms with Crippen molar-refractivity contribution in [2.75, 3.05) is 6.54 Å². The number of phenolic OH excluding ortho intramolecular Hbond substituents is 1. The Labute approximate surface area is 89.9 Å². The Morgan fingerprint density at radius 2 is 2.00 bits per heavy atom. The molecule has 1 aromatic rings. The number of hydrogen-bond acceptors (Lipinski definition) is 2. The van der Waals surface area contributed by atoms with Crippen LogP contribution in [0.4, 0.5) is 0 Å². The molecule has 0 spiro atoms. The second-order valence-corrected chi connectivity index (χ2v) is 4.16. The van der Waals surface area contributed by atoms with E-state index in [1.54, 1.807) is 12.1 Å². The number of nitrogens with one attached hydrogen (secondary N) is 1. The molecule has 0 saturated carbocycles. The lowest BCUT2D eigenvalue weighted by Gasteiger charge is -2.05. The average Bonchev–Trinajstić information content (AvgIpc) is 2.15. The second-order valence-electron chi connectivity index (χ2n) is 3.41. The molecule has 14 heavy (non-hydrogen) atoms. The zero-order valence-corrected chi connectivity index (χ0v) is 9.09. The molecular weight excluding hydrogens is 198 g/mol. The first-order valence-electron chi connectivity index (χ1n) is 4.81. The summed E-state index contributed by atoms with van der Waals surface area (Å²) in [6.07, 6.45) is 0.972. The van der Waals surface area contributed by atoms with Gasteiger partial charge in [0.05, 0.1) is 0 Å². The van der Waals surface area contributed by atoms with Crippen LogP contribution in [0.3, 0.4) is 0 Å². The quantitative estimate of drug-likeness (QED) is 0.582. The Morgan fingerprint density at radius 1 is 1.36 bits per heavy atom. The van der Waals surface area contributed by atoms with Crippen molar-refractivity contribution >= 4 is 11.6 Å². The summed E-state index contributed by atoms with van der Waals surface area (Å²) in [4.78, 5) is 0. The maximum Gasteiger partial charge on any atom is 0.115 e. The number of halogens is 1. The third-order valence-corrected chi connectivity index (χ3v) is 2.20. The average molecular weight is 214 g/mol. The van der Waals surface area contributed by atoms with Gasteiger partial charge in [-0.05, 0) is 37.6 Å². The van der Waals surface area contributed by atoms with Crippen molar-refractivity contribution in [2.24, 2.45) is 0 Å². The predicted octanol–water partition coefficient (Wildman–Crippen LogP) is 2.50. The second kappa shape index (κ2) is 5.89. The molecule has 0 aliphatic heterocycles. The monoisotopic (exact) mass is 213 g/mol. The van der Waals surface area contributed by atoms with Crippen LogP contribution in [0.15, 0.2) is 24.3 Å². The summed E-state index contributed by atoms with van der Waals surface area (Å²) < 4.78 is 0.